The third-order valence-electron chi connectivity index (χ3n) is 5.66. The van der Waals surface area contributed by atoms with Crippen molar-refractivity contribution >= 4 is 38.9 Å². The van der Waals surface area contributed by atoms with Crippen LogP contribution >= 0.6 is 11.3 Å². The van der Waals surface area contributed by atoms with Crippen molar-refractivity contribution in [3.63, 3.8) is 0 Å². The summed E-state index contributed by atoms with van der Waals surface area (Å²) >= 11 is 1.47. The first-order chi connectivity index (χ1) is 15.7. The number of thiophene rings is 1. The number of nitrogens with one attached hydrogen (secondary N) is 2. The average molecular weight is 435 g/mol. The van der Waals surface area contributed by atoms with Gasteiger partial charge in [-0.25, -0.2) is 0 Å². The lowest BCUT2D eigenvalue weighted by Crippen LogP contribution is -1.83. The van der Waals surface area contributed by atoms with Crippen LogP contribution in [0.1, 0.15) is 16.6 Å². The van der Waals surface area contributed by atoms with Gasteiger partial charge in [-0.3, -0.25) is 14.9 Å². The van der Waals surface area contributed by atoms with Crippen LogP contribution in [0.15, 0.2) is 79.0 Å². The van der Waals surface area contributed by atoms with Gasteiger partial charge in [-0.05, 0) is 54.4 Å². The van der Waals surface area contributed by atoms with Crippen LogP contribution in [0.2, 0.25) is 0 Å². The highest BCUT2D eigenvalue weighted by Crippen LogP contribution is 2.36. The van der Waals surface area contributed by atoms with Gasteiger partial charge in [0, 0.05) is 22.5 Å². The normalized spacial score (nSPS) is 11.4. The Morgan fingerprint density at radius 3 is 2.50 bits per heavy atom. The van der Waals surface area contributed by atoms with Crippen LogP contribution in [0.25, 0.3) is 54.9 Å². The van der Waals surface area contributed by atoms with Crippen LogP contribution in [0.3, 0.4) is 0 Å². The fourth-order valence-corrected chi connectivity index (χ4v) is 4.97. The molecule has 0 saturated carbocycles. The Hall–Kier alpha value is -4.03. The summed E-state index contributed by atoms with van der Waals surface area (Å²) in [6, 6.07) is 24.6. The predicted octanol–water partition coefficient (Wildman–Crippen LogP) is 6.70. The first kappa shape index (κ1) is 18.7. The Balaban J connectivity index is 1.49. The quantitative estimate of drug-likeness (QED) is 0.303. The molecule has 6 aromatic rings. The number of nitrogens with zero attached hydrogens (tertiary/aromatic N) is 2. The van der Waals surface area contributed by atoms with Gasteiger partial charge in [-0.15, -0.1) is 11.3 Å². The first-order valence-corrected chi connectivity index (χ1v) is 11.1. The molecular formula is C26H18N4OS. The standard InChI is InChI=1S/C26H18N4OS/c1-15(31)23-9-10-24(32-23)26-19-14-22(28-20(19)11-12-27-26)25-18-13-17(7-8-21(18)29-30-25)16-5-3-2-4-6-16/h2-14,28H,1H3,(H,29,30). The van der Waals surface area contributed by atoms with Crippen LogP contribution in [0.5, 0.6) is 0 Å². The van der Waals surface area contributed by atoms with E-state index in [1.807, 2.05) is 36.4 Å². The van der Waals surface area contributed by atoms with E-state index in [-0.39, 0.29) is 5.78 Å². The summed E-state index contributed by atoms with van der Waals surface area (Å²) in [7, 11) is 0. The summed E-state index contributed by atoms with van der Waals surface area (Å²) in [6.45, 7) is 1.59. The van der Waals surface area contributed by atoms with Gasteiger partial charge >= 0.3 is 0 Å². The van der Waals surface area contributed by atoms with Crippen molar-refractivity contribution in [2.75, 3.05) is 0 Å². The number of H-pyrrole nitrogens is 2. The van der Waals surface area contributed by atoms with Crippen molar-refractivity contribution in [1.29, 1.82) is 0 Å². The molecule has 0 unspecified atom stereocenters. The Morgan fingerprint density at radius 2 is 1.69 bits per heavy atom. The lowest BCUT2D eigenvalue weighted by molar-refractivity contribution is 0.102. The van der Waals surface area contributed by atoms with Crippen molar-refractivity contribution in [2.45, 2.75) is 6.92 Å². The highest BCUT2D eigenvalue weighted by atomic mass is 32.1. The number of fused-ring (bicyclic) bond motifs is 2. The predicted molar refractivity (Wildman–Crippen MR) is 130 cm³/mol. The molecule has 0 aliphatic rings. The molecule has 6 rings (SSSR count). The number of rotatable bonds is 4. The lowest BCUT2D eigenvalue weighted by Gasteiger charge is -2.02. The van der Waals surface area contributed by atoms with Gasteiger partial charge in [0.05, 0.1) is 26.7 Å². The SMILES string of the molecule is CC(=O)c1ccc(-c2nccc3[nH]c(-c4n[nH]c5ccc(-c6ccccc6)cc45)cc23)s1. The average Bonchev–Trinajstić information content (AvgIpc) is 3.56. The van der Waals surface area contributed by atoms with E-state index in [9.17, 15) is 4.79 Å². The van der Waals surface area contributed by atoms with Gasteiger partial charge in [0.15, 0.2) is 5.78 Å². The third kappa shape index (κ3) is 3.04. The Morgan fingerprint density at radius 1 is 0.844 bits per heavy atom. The van der Waals surface area contributed by atoms with E-state index in [4.69, 9.17) is 0 Å². The summed E-state index contributed by atoms with van der Waals surface area (Å²) in [5, 5.41) is 9.82. The summed E-state index contributed by atoms with van der Waals surface area (Å²) < 4.78 is 0. The maximum atomic E-state index is 11.7. The van der Waals surface area contributed by atoms with Crippen LogP contribution in [-0.2, 0) is 0 Å². The molecule has 32 heavy (non-hydrogen) atoms. The zero-order valence-electron chi connectivity index (χ0n) is 17.2. The minimum Gasteiger partial charge on any atom is -0.353 e. The number of hydrogen-bond acceptors (Lipinski definition) is 4. The van der Waals surface area contributed by atoms with Crippen molar-refractivity contribution in [2.24, 2.45) is 0 Å². The summed E-state index contributed by atoms with van der Waals surface area (Å²) in [5.74, 6) is 0.0698. The van der Waals surface area contributed by atoms with Crippen molar-refractivity contribution in [1.82, 2.24) is 20.2 Å². The molecule has 0 fully saturated rings. The lowest BCUT2D eigenvalue weighted by atomic mass is 10.0. The minimum atomic E-state index is 0.0698. The third-order valence-corrected chi connectivity index (χ3v) is 6.85. The van der Waals surface area contributed by atoms with E-state index in [1.165, 1.54) is 16.9 Å². The topological polar surface area (TPSA) is 74.4 Å². The number of Topliss-reactive ketones (excluding diaryl/α,β-unsaturated/α-hetero) is 1. The second kappa shape index (κ2) is 7.28. The molecule has 0 bridgehead atoms. The summed E-state index contributed by atoms with van der Waals surface area (Å²) in [6.07, 6.45) is 1.79. The summed E-state index contributed by atoms with van der Waals surface area (Å²) in [4.78, 5) is 21.6. The number of aromatic amines is 2. The fourth-order valence-electron chi connectivity index (χ4n) is 4.06. The van der Waals surface area contributed by atoms with Gasteiger partial charge in [0.2, 0.25) is 0 Å². The van der Waals surface area contributed by atoms with E-state index in [1.54, 1.807) is 13.1 Å². The molecule has 0 spiro atoms. The highest BCUT2D eigenvalue weighted by molar-refractivity contribution is 7.17. The molecule has 6 heteroatoms. The zero-order chi connectivity index (χ0) is 21.7. The second-order valence-electron chi connectivity index (χ2n) is 7.72. The molecule has 0 saturated heterocycles. The van der Waals surface area contributed by atoms with E-state index in [2.05, 4.69) is 56.6 Å². The number of benzene rings is 2. The Kier molecular flexibility index (Phi) is 4.26. The van der Waals surface area contributed by atoms with Crippen LogP contribution in [0.4, 0.5) is 0 Å². The first-order valence-electron chi connectivity index (χ1n) is 10.3. The maximum absolute atomic E-state index is 11.7. The van der Waals surface area contributed by atoms with Crippen LogP contribution in [0, 0.1) is 0 Å². The van der Waals surface area contributed by atoms with Crippen LogP contribution < -0.4 is 0 Å². The van der Waals surface area contributed by atoms with E-state index >= 15 is 0 Å². The van der Waals surface area contributed by atoms with Crippen molar-refractivity contribution in [3.05, 3.63) is 83.9 Å². The molecule has 0 aliphatic heterocycles. The number of hydrogen-bond donors (Lipinski definition) is 2. The van der Waals surface area contributed by atoms with E-state index in [0.29, 0.717) is 0 Å². The smallest absolute Gasteiger partial charge is 0.169 e. The number of pyridine rings is 1. The van der Waals surface area contributed by atoms with E-state index < -0.39 is 0 Å². The zero-order valence-corrected chi connectivity index (χ0v) is 18.0. The molecule has 0 atom stereocenters. The number of carbonyl (C=O) groups excluding carboxylic acids is 1. The van der Waals surface area contributed by atoms with Gasteiger partial charge in [-0.1, -0.05) is 36.4 Å². The van der Waals surface area contributed by atoms with Gasteiger partial charge in [0.1, 0.15) is 5.69 Å². The van der Waals surface area contributed by atoms with Gasteiger partial charge in [0.25, 0.3) is 0 Å². The molecule has 2 aromatic carbocycles. The van der Waals surface area contributed by atoms with Gasteiger partial charge < -0.3 is 4.98 Å². The Labute approximate surface area is 187 Å². The van der Waals surface area contributed by atoms with Crippen molar-refractivity contribution < 1.29 is 4.79 Å². The molecule has 0 aliphatic carbocycles. The molecular weight excluding hydrogens is 416 g/mol. The van der Waals surface area contributed by atoms with E-state index in [0.717, 1.165) is 54.2 Å². The molecule has 2 N–H and O–H groups in total. The largest absolute Gasteiger partial charge is 0.353 e. The Bertz CT molecular complexity index is 1610. The van der Waals surface area contributed by atoms with Crippen molar-refractivity contribution in [3.8, 4) is 33.1 Å². The molecule has 0 radical (unpaired) electrons. The van der Waals surface area contributed by atoms with Crippen LogP contribution in [-0.4, -0.2) is 25.9 Å². The maximum Gasteiger partial charge on any atom is 0.169 e. The molecule has 154 valence electrons. The summed E-state index contributed by atoms with van der Waals surface area (Å²) in [5.41, 5.74) is 6.95. The number of ketones is 1. The fraction of sp³-hybridized carbons (Fsp3) is 0.0385. The molecule has 0 amide bonds. The minimum absolute atomic E-state index is 0.0698. The number of aromatic nitrogens is 4. The number of carbonyl (C=O) groups is 1. The molecule has 4 heterocycles. The molecule has 4 aromatic heterocycles. The van der Waals surface area contributed by atoms with Gasteiger partial charge in [-0.2, -0.15) is 5.10 Å². The second-order valence-corrected chi connectivity index (χ2v) is 8.81. The highest BCUT2D eigenvalue weighted by Gasteiger charge is 2.16. The molecule has 5 nitrogen and oxygen atoms in total. The monoisotopic (exact) mass is 434 g/mol.